The smallest absolute Gasteiger partial charge is 0.192 e. The van der Waals surface area contributed by atoms with E-state index in [1.54, 1.807) is 0 Å². The molecule has 10 nitrogen and oxygen atoms in total. The summed E-state index contributed by atoms with van der Waals surface area (Å²) in [6.07, 6.45) is 2.08. The number of hydrogen-bond acceptors (Lipinski definition) is 10. The Labute approximate surface area is 452 Å². The quantitative estimate of drug-likeness (QED) is 0.0394. The van der Waals surface area contributed by atoms with Gasteiger partial charge in [0, 0.05) is 83.3 Å². The van der Waals surface area contributed by atoms with Gasteiger partial charge < -0.3 is 46.7 Å². The van der Waals surface area contributed by atoms with Gasteiger partial charge in [0.1, 0.15) is 49.4 Å². The number of rotatable bonds is 26. The van der Waals surface area contributed by atoms with Gasteiger partial charge in [0.2, 0.25) is 0 Å². The number of hydrogen-bond donors (Lipinski definition) is 0. The zero-order chi connectivity index (χ0) is 52.7. The zero-order valence-corrected chi connectivity index (χ0v) is 51.4. The highest BCUT2D eigenvalue weighted by molar-refractivity contribution is 9.10. The van der Waals surface area contributed by atoms with E-state index in [0.29, 0.717) is 118 Å². The van der Waals surface area contributed by atoms with E-state index in [1.807, 2.05) is 27.7 Å². The van der Waals surface area contributed by atoms with E-state index in [4.69, 9.17) is 46.7 Å². The molecule has 4 aromatic rings. The number of halogens is 2. The number of fused-ring (bicyclic) bond motifs is 8. The predicted octanol–water partition coefficient (Wildman–Crippen LogP) is 14.6. The third-order valence-corrected chi connectivity index (χ3v) is 23.9. The molecule has 0 atom stereocenters. The molecule has 0 N–H and O–H groups in total. The second-order valence-electron chi connectivity index (χ2n) is 21.6. The topological polar surface area (TPSA) is 92.3 Å². The fourth-order valence-electron chi connectivity index (χ4n) is 8.20. The SMILES string of the molecule is CCOCCOc1c2cc(Br)cc1Cc1cc(CO[Si](C)(C)C(C)(C)C)cc(c1OCCOCC)Cc1cc(Br)cc(c1OCCOCC)Cc1cc(CO[Si](C)(C)C(C)(C)C)cc(c1OCCOCC)C2. The van der Waals surface area contributed by atoms with Crippen molar-refractivity contribution in [1.29, 1.82) is 0 Å². The van der Waals surface area contributed by atoms with E-state index < -0.39 is 16.6 Å². The maximum absolute atomic E-state index is 6.97. The van der Waals surface area contributed by atoms with Crippen LogP contribution in [0.4, 0.5) is 0 Å². The standard InChI is InChI=1S/C58H86Br2O10Si2/c1-15-61-19-23-65-53-43-27-41(39-69-71(11,12)57(5,6)7)28-44(53)32-48-36-52(60)38-50(56(48)68-26-22-64-18-4)34-46-30-42(40-70-72(13,14)58(8,9)10)29-45(54(46)66-24-20-62-16-2)33-49-37-51(59)35-47(31-43)55(49)67-25-21-63-17-3/h27-30,35-38H,15-26,31-34,39-40H2,1-14H3. The van der Waals surface area contributed by atoms with Gasteiger partial charge >= 0.3 is 0 Å². The lowest BCUT2D eigenvalue weighted by Gasteiger charge is -2.36. The molecule has 0 radical (unpaired) electrons. The largest absolute Gasteiger partial charge is 0.491 e. The van der Waals surface area contributed by atoms with E-state index in [9.17, 15) is 0 Å². The van der Waals surface area contributed by atoms with Crippen molar-refractivity contribution in [3.05, 3.63) is 113 Å². The Kier molecular flexibility index (Phi) is 23.3. The third kappa shape index (κ3) is 17.1. The Morgan fingerprint density at radius 3 is 0.806 bits per heavy atom. The van der Waals surface area contributed by atoms with Gasteiger partial charge in [-0.15, -0.1) is 0 Å². The van der Waals surface area contributed by atoms with E-state index in [2.05, 4.69) is 148 Å². The van der Waals surface area contributed by atoms with Crippen molar-refractivity contribution in [2.24, 2.45) is 0 Å². The highest BCUT2D eigenvalue weighted by atomic mass is 79.9. The molecule has 0 spiro atoms. The van der Waals surface area contributed by atoms with Crippen LogP contribution in [0.3, 0.4) is 0 Å². The van der Waals surface area contributed by atoms with Crippen LogP contribution < -0.4 is 18.9 Å². The average Bonchev–Trinajstić information content (AvgIpc) is 3.29. The van der Waals surface area contributed by atoms with Gasteiger partial charge in [-0.3, -0.25) is 0 Å². The minimum Gasteiger partial charge on any atom is -0.491 e. The molecule has 0 saturated heterocycles. The fraction of sp³-hybridized carbons (Fsp3) is 0.586. The van der Waals surface area contributed by atoms with E-state index in [-0.39, 0.29) is 10.1 Å². The number of benzene rings is 4. The minimum atomic E-state index is -2.13. The lowest BCUT2D eigenvalue weighted by Crippen LogP contribution is -2.40. The van der Waals surface area contributed by atoms with Crippen molar-refractivity contribution in [1.82, 2.24) is 0 Å². The maximum atomic E-state index is 6.97. The lowest BCUT2D eigenvalue weighted by molar-refractivity contribution is 0.108. The molecule has 0 heterocycles. The molecule has 0 amide bonds. The molecular weight excluding hydrogens is 1070 g/mol. The van der Waals surface area contributed by atoms with Crippen molar-refractivity contribution in [3.63, 3.8) is 0 Å². The molecule has 0 saturated carbocycles. The molecular formula is C58H86Br2O10Si2. The highest BCUT2D eigenvalue weighted by Crippen LogP contribution is 2.44. The molecule has 1 aliphatic rings. The van der Waals surface area contributed by atoms with Crippen molar-refractivity contribution < 1.29 is 46.7 Å². The Hall–Kier alpha value is -2.77. The molecule has 5 rings (SSSR count). The van der Waals surface area contributed by atoms with Gasteiger partial charge in [-0.2, -0.15) is 0 Å². The van der Waals surface area contributed by atoms with Crippen LogP contribution in [-0.2, 0) is 66.7 Å². The summed E-state index contributed by atoms with van der Waals surface area (Å²) in [5, 5.41) is 0.0793. The molecule has 0 fully saturated rings. The predicted molar refractivity (Wildman–Crippen MR) is 304 cm³/mol. The summed E-state index contributed by atoms with van der Waals surface area (Å²) < 4.78 is 67.0. The summed E-state index contributed by atoms with van der Waals surface area (Å²) in [7, 11) is -4.27. The molecule has 400 valence electrons. The first-order chi connectivity index (χ1) is 34.1. The Bertz CT molecular complexity index is 2100. The van der Waals surface area contributed by atoms with Crippen molar-refractivity contribution in [2.75, 3.05) is 79.3 Å². The normalized spacial score (nSPS) is 13.3. The van der Waals surface area contributed by atoms with E-state index in [1.165, 1.54) is 0 Å². The Morgan fingerprint density at radius 1 is 0.375 bits per heavy atom. The first-order valence-corrected chi connectivity index (χ1v) is 33.5. The van der Waals surface area contributed by atoms with Crippen molar-refractivity contribution in [2.45, 2.75) is 144 Å². The Morgan fingerprint density at radius 2 is 0.597 bits per heavy atom. The van der Waals surface area contributed by atoms with Crippen LogP contribution in [0.2, 0.25) is 36.3 Å². The van der Waals surface area contributed by atoms with E-state index in [0.717, 1.165) is 87.6 Å². The first-order valence-electron chi connectivity index (χ1n) is 26.1. The molecule has 0 aliphatic heterocycles. The third-order valence-electron chi connectivity index (χ3n) is 14.1. The van der Waals surface area contributed by atoms with E-state index >= 15 is 0 Å². The highest BCUT2D eigenvalue weighted by Gasteiger charge is 2.38. The summed E-state index contributed by atoms with van der Waals surface area (Å²) in [6, 6.07) is 17.8. The van der Waals surface area contributed by atoms with Crippen LogP contribution in [0.5, 0.6) is 23.0 Å². The summed E-state index contributed by atoms with van der Waals surface area (Å²) in [4.78, 5) is 0. The summed E-state index contributed by atoms with van der Waals surface area (Å²) in [5.74, 6) is 3.28. The molecule has 14 heteroatoms. The second-order valence-corrected chi connectivity index (χ2v) is 33.0. The van der Waals surface area contributed by atoms with Crippen LogP contribution >= 0.6 is 31.9 Å². The van der Waals surface area contributed by atoms with Crippen molar-refractivity contribution in [3.8, 4) is 23.0 Å². The molecule has 0 unspecified atom stereocenters. The van der Waals surface area contributed by atoms with Gasteiger partial charge in [0.15, 0.2) is 16.6 Å². The molecule has 0 aromatic heterocycles. The van der Waals surface area contributed by atoms with Crippen LogP contribution in [0.15, 0.2) is 57.5 Å². The lowest BCUT2D eigenvalue weighted by atomic mass is 9.89. The van der Waals surface area contributed by atoms with Crippen LogP contribution in [0.25, 0.3) is 0 Å². The second kappa shape index (κ2) is 27.9. The fourth-order valence-corrected chi connectivity index (χ4v) is 11.2. The average molecular weight is 1160 g/mol. The summed E-state index contributed by atoms with van der Waals surface area (Å²) >= 11 is 7.96. The van der Waals surface area contributed by atoms with Gasteiger partial charge in [0.05, 0.1) is 39.6 Å². The zero-order valence-electron chi connectivity index (χ0n) is 46.2. The first kappa shape index (κ1) is 60.1. The van der Waals surface area contributed by atoms with Crippen molar-refractivity contribution >= 4 is 48.5 Å². The van der Waals surface area contributed by atoms with Crippen LogP contribution in [-0.4, -0.2) is 95.9 Å². The minimum absolute atomic E-state index is 0.0396. The van der Waals surface area contributed by atoms with Gasteiger partial charge in [-0.1, -0.05) is 73.4 Å². The monoisotopic (exact) mass is 1160 g/mol. The molecule has 4 aromatic carbocycles. The molecule has 8 bridgehead atoms. The Balaban J connectivity index is 1.88. The van der Waals surface area contributed by atoms with Crippen LogP contribution in [0.1, 0.15) is 125 Å². The van der Waals surface area contributed by atoms with Gasteiger partial charge in [0.25, 0.3) is 0 Å². The molecule has 72 heavy (non-hydrogen) atoms. The number of ether oxygens (including phenoxy) is 8. The van der Waals surface area contributed by atoms with Crippen LogP contribution in [0, 0.1) is 0 Å². The summed E-state index contributed by atoms with van der Waals surface area (Å²) in [5.41, 5.74) is 10.4. The maximum Gasteiger partial charge on any atom is 0.192 e. The van der Waals surface area contributed by atoms with Gasteiger partial charge in [-0.05, 0) is 146 Å². The summed E-state index contributed by atoms with van der Waals surface area (Å²) in [6.45, 7) is 37.7. The van der Waals surface area contributed by atoms with Gasteiger partial charge in [-0.25, -0.2) is 0 Å². The molecule has 1 aliphatic carbocycles.